The van der Waals surface area contributed by atoms with Crippen molar-refractivity contribution in [3.8, 4) is 0 Å². The Bertz CT molecular complexity index is 442. The summed E-state index contributed by atoms with van der Waals surface area (Å²) in [6.45, 7) is 5.40. The van der Waals surface area contributed by atoms with Crippen molar-refractivity contribution in [2.45, 2.75) is 19.4 Å². The van der Waals surface area contributed by atoms with E-state index in [0.717, 1.165) is 32.8 Å². The maximum Gasteiger partial charge on any atom is 0.238 e. The van der Waals surface area contributed by atoms with Gasteiger partial charge in [-0.2, -0.15) is 0 Å². The molecule has 1 N–H and O–H groups in total. The SMILES string of the molecule is O=C1CN(CC2CCCNC2)CN1Cc1ccccc1. The van der Waals surface area contributed by atoms with Gasteiger partial charge in [-0.25, -0.2) is 0 Å². The second-order valence-corrected chi connectivity index (χ2v) is 5.94. The third-order valence-corrected chi connectivity index (χ3v) is 4.21. The van der Waals surface area contributed by atoms with Crippen LogP contribution in [-0.2, 0) is 11.3 Å². The highest BCUT2D eigenvalue weighted by Gasteiger charge is 2.29. The predicted octanol–water partition coefficient (Wildman–Crippen LogP) is 1.29. The summed E-state index contributed by atoms with van der Waals surface area (Å²) in [5.74, 6) is 0.964. The van der Waals surface area contributed by atoms with Crippen molar-refractivity contribution in [2.24, 2.45) is 5.92 Å². The van der Waals surface area contributed by atoms with E-state index >= 15 is 0 Å². The zero-order valence-corrected chi connectivity index (χ0v) is 11.9. The minimum Gasteiger partial charge on any atom is -0.324 e. The molecule has 20 heavy (non-hydrogen) atoms. The molecule has 1 aromatic carbocycles. The quantitative estimate of drug-likeness (QED) is 0.898. The number of hydrogen-bond acceptors (Lipinski definition) is 3. The van der Waals surface area contributed by atoms with Crippen LogP contribution in [0.5, 0.6) is 0 Å². The maximum atomic E-state index is 12.1. The van der Waals surface area contributed by atoms with Crippen LogP contribution in [0.15, 0.2) is 30.3 Å². The van der Waals surface area contributed by atoms with Gasteiger partial charge in [0.15, 0.2) is 0 Å². The van der Waals surface area contributed by atoms with Crippen LogP contribution in [0, 0.1) is 5.92 Å². The van der Waals surface area contributed by atoms with Crippen LogP contribution in [0.3, 0.4) is 0 Å². The molecule has 0 saturated carbocycles. The van der Waals surface area contributed by atoms with E-state index in [2.05, 4.69) is 22.3 Å². The minimum absolute atomic E-state index is 0.262. The number of amides is 1. The fourth-order valence-electron chi connectivity index (χ4n) is 3.17. The normalized spacial score (nSPS) is 24.3. The number of nitrogens with one attached hydrogen (secondary N) is 1. The van der Waals surface area contributed by atoms with E-state index in [1.807, 2.05) is 23.1 Å². The first-order chi connectivity index (χ1) is 9.81. The molecule has 108 valence electrons. The Balaban J connectivity index is 1.52. The molecule has 2 aliphatic rings. The van der Waals surface area contributed by atoms with Crippen molar-refractivity contribution in [2.75, 3.05) is 32.8 Å². The fraction of sp³-hybridized carbons (Fsp3) is 0.562. The first-order valence-corrected chi connectivity index (χ1v) is 7.56. The number of piperidine rings is 1. The molecular weight excluding hydrogens is 250 g/mol. The van der Waals surface area contributed by atoms with Crippen LogP contribution < -0.4 is 5.32 Å². The van der Waals surface area contributed by atoms with Gasteiger partial charge in [0.2, 0.25) is 5.91 Å². The summed E-state index contributed by atoms with van der Waals surface area (Å²) in [6.07, 6.45) is 2.55. The third kappa shape index (κ3) is 3.38. The Morgan fingerprint density at radius 3 is 2.85 bits per heavy atom. The molecule has 2 heterocycles. The molecule has 1 amide bonds. The van der Waals surface area contributed by atoms with Crippen molar-refractivity contribution in [3.63, 3.8) is 0 Å². The van der Waals surface area contributed by atoms with Gasteiger partial charge >= 0.3 is 0 Å². The number of carbonyl (C=O) groups is 1. The van der Waals surface area contributed by atoms with Gasteiger partial charge in [-0.1, -0.05) is 30.3 Å². The van der Waals surface area contributed by atoms with Gasteiger partial charge in [-0.15, -0.1) is 0 Å². The highest BCUT2D eigenvalue weighted by molar-refractivity contribution is 5.80. The molecule has 4 nitrogen and oxygen atoms in total. The van der Waals surface area contributed by atoms with Gasteiger partial charge in [-0.3, -0.25) is 9.69 Å². The Morgan fingerprint density at radius 1 is 1.25 bits per heavy atom. The van der Waals surface area contributed by atoms with E-state index in [-0.39, 0.29) is 5.91 Å². The average Bonchev–Trinajstić information content (AvgIpc) is 2.81. The Kier molecular flexibility index (Phi) is 4.33. The molecule has 0 aromatic heterocycles. The van der Waals surface area contributed by atoms with Gasteiger partial charge < -0.3 is 10.2 Å². The van der Waals surface area contributed by atoms with Gasteiger partial charge in [-0.05, 0) is 37.4 Å². The maximum absolute atomic E-state index is 12.1. The molecule has 1 unspecified atom stereocenters. The second kappa shape index (κ2) is 6.37. The summed E-state index contributed by atoms with van der Waals surface area (Å²) >= 11 is 0. The summed E-state index contributed by atoms with van der Waals surface area (Å²) in [6, 6.07) is 10.2. The third-order valence-electron chi connectivity index (χ3n) is 4.21. The van der Waals surface area contributed by atoms with Crippen molar-refractivity contribution in [1.82, 2.24) is 15.1 Å². The smallest absolute Gasteiger partial charge is 0.238 e. The van der Waals surface area contributed by atoms with E-state index in [4.69, 9.17) is 0 Å². The lowest BCUT2D eigenvalue weighted by Gasteiger charge is -2.27. The molecule has 1 aromatic rings. The van der Waals surface area contributed by atoms with E-state index in [1.54, 1.807) is 0 Å². The number of nitrogens with zero attached hydrogens (tertiary/aromatic N) is 2. The van der Waals surface area contributed by atoms with Crippen LogP contribution in [0.4, 0.5) is 0 Å². The first-order valence-electron chi connectivity index (χ1n) is 7.56. The molecule has 0 aliphatic carbocycles. The highest BCUT2D eigenvalue weighted by atomic mass is 16.2. The number of hydrogen-bond donors (Lipinski definition) is 1. The molecule has 0 radical (unpaired) electrons. The molecule has 3 rings (SSSR count). The molecule has 1 atom stereocenters. The van der Waals surface area contributed by atoms with Crippen LogP contribution in [0.25, 0.3) is 0 Å². The molecule has 2 saturated heterocycles. The van der Waals surface area contributed by atoms with Gasteiger partial charge in [0, 0.05) is 13.1 Å². The summed E-state index contributed by atoms with van der Waals surface area (Å²) < 4.78 is 0. The summed E-state index contributed by atoms with van der Waals surface area (Å²) in [7, 11) is 0. The zero-order chi connectivity index (χ0) is 13.8. The number of benzene rings is 1. The van der Waals surface area contributed by atoms with Crippen molar-refractivity contribution < 1.29 is 4.79 Å². The Hall–Kier alpha value is -1.39. The minimum atomic E-state index is 0.262. The number of rotatable bonds is 4. The molecular formula is C16H23N3O. The van der Waals surface area contributed by atoms with Crippen molar-refractivity contribution >= 4 is 5.91 Å². The molecule has 2 aliphatic heterocycles. The fourth-order valence-corrected chi connectivity index (χ4v) is 3.17. The summed E-state index contributed by atoms with van der Waals surface area (Å²) in [5.41, 5.74) is 1.21. The average molecular weight is 273 g/mol. The largest absolute Gasteiger partial charge is 0.324 e. The summed E-state index contributed by atoms with van der Waals surface area (Å²) in [5, 5.41) is 3.45. The number of carbonyl (C=O) groups excluding carboxylic acids is 1. The Morgan fingerprint density at radius 2 is 2.10 bits per heavy atom. The monoisotopic (exact) mass is 273 g/mol. The zero-order valence-electron chi connectivity index (χ0n) is 11.9. The van der Waals surface area contributed by atoms with Crippen LogP contribution >= 0.6 is 0 Å². The molecule has 0 spiro atoms. The molecule has 4 heteroatoms. The van der Waals surface area contributed by atoms with E-state index in [9.17, 15) is 4.79 Å². The van der Waals surface area contributed by atoms with E-state index in [0.29, 0.717) is 12.5 Å². The highest BCUT2D eigenvalue weighted by Crippen LogP contribution is 2.16. The predicted molar refractivity (Wildman–Crippen MR) is 79.0 cm³/mol. The van der Waals surface area contributed by atoms with Crippen molar-refractivity contribution in [1.29, 1.82) is 0 Å². The van der Waals surface area contributed by atoms with Gasteiger partial charge in [0.1, 0.15) is 0 Å². The standard InChI is InChI=1S/C16H23N3O/c20-16-12-18(10-15-7-4-8-17-9-15)13-19(16)11-14-5-2-1-3-6-14/h1-3,5-6,15,17H,4,7-13H2. The van der Waals surface area contributed by atoms with Gasteiger partial charge in [0.25, 0.3) is 0 Å². The van der Waals surface area contributed by atoms with E-state index in [1.165, 1.54) is 18.4 Å². The van der Waals surface area contributed by atoms with E-state index < -0.39 is 0 Å². The van der Waals surface area contributed by atoms with Gasteiger partial charge in [0.05, 0.1) is 13.2 Å². The first kappa shape index (κ1) is 13.6. The lowest BCUT2D eigenvalue weighted by molar-refractivity contribution is -0.127. The van der Waals surface area contributed by atoms with Crippen LogP contribution in [0.1, 0.15) is 18.4 Å². The van der Waals surface area contributed by atoms with Crippen LogP contribution in [0.2, 0.25) is 0 Å². The van der Waals surface area contributed by atoms with Crippen molar-refractivity contribution in [3.05, 3.63) is 35.9 Å². The topological polar surface area (TPSA) is 35.6 Å². The second-order valence-electron chi connectivity index (χ2n) is 5.94. The lowest BCUT2D eigenvalue weighted by Crippen LogP contribution is -2.38. The summed E-state index contributed by atoms with van der Waals surface area (Å²) in [4.78, 5) is 16.4. The molecule has 2 fully saturated rings. The molecule has 0 bridgehead atoms. The Labute approximate surface area is 120 Å². The van der Waals surface area contributed by atoms with Crippen LogP contribution in [-0.4, -0.2) is 48.6 Å². The lowest BCUT2D eigenvalue weighted by atomic mass is 9.99.